The smallest absolute Gasteiger partial charge is 0.278 e. The van der Waals surface area contributed by atoms with Crippen LogP contribution in [0.1, 0.15) is 32.7 Å². The van der Waals surface area contributed by atoms with Crippen molar-refractivity contribution >= 4 is 11.6 Å². The molecular weight excluding hydrogens is 228 g/mol. The highest BCUT2D eigenvalue weighted by molar-refractivity contribution is 6.04. The highest BCUT2D eigenvalue weighted by Gasteiger charge is 2.15. The van der Waals surface area contributed by atoms with E-state index in [0.29, 0.717) is 5.69 Å². The molecule has 1 aromatic carbocycles. The molecule has 4 nitrogen and oxygen atoms in total. The van der Waals surface area contributed by atoms with Gasteiger partial charge in [0, 0.05) is 11.3 Å². The highest BCUT2D eigenvalue weighted by atomic mass is 16.5. The third-order valence-electron chi connectivity index (χ3n) is 2.88. The largest absolute Gasteiger partial charge is 0.364 e. The molecule has 0 radical (unpaired) electrons. The third kappa shape index (κ3) is 2.27. The Balaban J connectivity index is 2.31. The minimum absolute atomic E-state index is 0.240. The Morgan fingerprint density at radius 3 is 2.22 bits per heavy atom. The fourth-order valence-electron chi connectivity index (χ4n) is 2.06. The summed E-state index contributed by atoms with van der Waals surface area (Å²) in [4.78, 5) is 12.1. The van der Waals surface area contributed by atoms with Crippen LogP contribution in [-0.4, -0.2) is 11.1 Å². The molecule has 0 saturated heterocycles. The van der Waals surface area contributed by atoms with Gasteiger partial charge in [0.05, 0.1) is 0 Å². The number of nitrogens with one attached hydrogen (secondary N) is 1. The standard InChI is InChI=1S/C14H16N2O2/c1-8-5-9(2)12(10(3)6-8)15-14(17)13-11(4)7-18-16-13/h5-7H,1-4H3,(H,15,17). The zero-order chi connectivity index (χ0) is 13.3. The van der Waals surface area contributed by atoms with Crippen LogP contribution in [0.25, 0.3) is 0 Å². The lowest BCUT2D eigenvalue weighted by Crippen LogP contribution is -2.15. The molecule has 94 valence electrons. The van der Waals surface area contributed by atoms with Gasteiger partial charge in [0.2, 0.25) is 0 Å². The first-order valence-corrected chi connectivity index (χ1v) is 5.79. The minimum Gasteiger partial charge on any atom is -0.364 e. The van der Waals surface area contributed by atoms with Crippen molar-refractivity contribution in [3.05, 3.63) is 46.3 Å². The van der Waals surface area contributed by atoms with Gasteiger partial charge in [-0.2, -0.15) is 0 Å². The van der Waals surface area contributed by atoms with Crippen molar-refractivity contribution in [1.29, 1.82) is 0 Å². The molecule has 2 rings (SSSR count). The number of aromatic nitrogens is 1. The van der Waals surface area contributed by atoms with E-state index in [1.807, 2.05) is 32.9 Å². The van der Waals surface area contributed by atoms with Crippen LogP contribution in [0.15, 0.2) is 22.9 Å². The molecule has 0 bridgehead atoms. The van der Waals surface area contributed by atoms with Crippen molar-refractivity contribution in [3.8, 4) is 0 Å². The van der Waals surface area contributed by atoms with E-state index in [1.165, 1.54) is 11.8 Å². The Kier molecular flexibility index (Phi) is 3.19. The molecule has 1 amide bonds. The van der Waals surface area contributed by atoms with Gasteiger partial charge >= 0.3 is 0 Å². The van der Waals surface area contributed by atoms with E-state index in [4.69, 9.17) is 4.52 Å². The molecular formula is C14H16N2O2. The van der Waals surface area contributed by atoms with Crippen LogP contribution < -0.4 is 5.32 Å². The number of amides is 1. The predicted molar refractivity (Wildman–Crippen MR) is 69.8 cm³/mol. The first-order valence-electron chi connectivity index (χ1n) is 5.79. The summed E-state index contributed by atoms with van der Waals surface area (Å²) in [5.74, 6) is -0.240. The number of rotatable bonds is 2. The second-order valence-corrected chi connectivity index (χ2v) is 4.57. The van der Waals surface area contributed by atoms with Crippen LogP contribution in [0.2, 0.25) is 0 Å². The van der Waals surface area contributed by atoms with Crippen molar-refractivity contribution in [2.75, 3.05) is 5.32 Å². The topological polar surface area (TPSA) is 55.1 Å². The van der Waals surface area contributed by atoms with E-state index in [2.05, 4.69) is 10.5 Å². The fraction of sp³-hybridized carbons (Fsp3) is 0.286. The van der Waals surface area contributed by atoms with Crippen LogP contribution in [0.4, 0.5) is 5.69 Å². The Morgan fingerprint density at radius 2 is 1.72 bits per heavy atom. The maximum absolute atomic E-state index is 12.1. The first kappa shape index (κ1) is 12.4. The molecule has 0 aliphatic heterocycles. The summed E-state index contributed by atoms with van der Waals surface area (Å²) in [7, 11) is 0. The van der Waals surface area contributed by atoms with E-state index in [1.54, 1.807) is 6.92 Å². The van der Waals surface area contributed by atoms with Crippen LogP contribution in [0.3, 0.4) is 0 Å². The maximum atomic E-state index is 12.1. The number of hydrogen-bond donors (Lipinski definition) is 1. The van der Waals surface area contributed by atoms with Crippen molar-refractivity contribution in [1.82, 2.24) is 5.16 Å². The number of carbonyl (C=O) groups is 1. The Hall–Kier alpha value is -2.10. The van der Waals surface area contributed by atoms with Gasteiger partial charge in [-0.15, -0.1) is 0 Å². The van der Waals surface area contributed by atoms with Crippen molar-refractivity contribution in [2.45, 2.75) is 27.7 Å². The number of benzene rings is 1. The van der Waals surface area contributed by atoms with E-state index in [9.17, 15) is 4.79 Å². The van der Waals surface area contributed by atoms with Gasteiger partial charge in [-0.3, -0.25) is 4.79 Å². The van der Waals surface area contributed by atoms with Gasteiger partial charge in [-0.25, -0.2) is 0 Å². The summed E-state index contributed by atoms with van der Waals surface area (Å²) in [6.07, 6.45) is 1.46. The van der Waals surface area contributed by atoms with E-state index in [-0.39, 0.29) is 5.91 Å². The third-order valence-corrected chi connectivity index (χ3v) is 2.88. The van der Waals surface area contributed by atoms with E-state index in [0.717, 1.165) is 22.4 Å². The van der Waals surface area contributed by atoms with Crippen LogP contribution >= 0.6 is 0 Å². The molecule has 2 aromatic rings. The van der Waals surface area contributed by atoms with Crippen LogP contribution in [-0.2, 0) is 0 Å². The molecule has 0 fully saturated rings. The van der Waals surface area contributed by atoms with Gasteiger partial charge in [0.25, 0.3) is 5.91 Å². The maximum Gasteiger partial charge on any atom is 0.278 e. The molecule has 0 unspecified atom stereocenters. The van der Waals surface area contributed by atoms with Gasteiger partial charge < -0.3 is 9.84 Å². The quantitative estimate of drug-likeness (QED) is 0.882. The summed E-state index contributed by atoms with van der Waals surface area (Å²) < 4.78 is 4.77. The molecule has 1 N–H and O–H groups in total. The van der Waals surface area contributed by atoms with Gasteiger partial charge in [-0.05, 0) is 38.8 Å². The number of nitrogens with zero attached hydrogens (tertiary/aromatic N) is 1. The van der Waals surface area contributed by atoms with Gasteiger partial charge in [0.1, 0.15) is 6.26 Å². The van der Waals surface area contributed by atoms with Crippen molar-refractivity contribution in [3.63, 3.8) is 0 Å². The number of hydrogen-bond acceptors (Lipinski definition) is 3. The summed E-state index contributed by atoms with van der Waals surface area (Å²) in [5.41, 5.74) is 5.17. The average molecular weight is 244 g/mol. The van der Waals surface area contributed by atoms with Gasteiger partial charge in [0.15, 0.2) is 5.69 Å². The average Bonchev–Trinajstić information content (AvgIpc) is 2.69. The minimum atomic E-state index is -0.240. The molecule has 0 aliphatic rings. The summed E-state index contributed by atoms with van der Waals surface area (Å²) in [6, 6.07) is 4.08. The lowest BCUT2D eigenvalue weighted by atomic mass is 10.0. The molecule has 0 spiro atoms. The SMILES string of the molecule is Cc1cc(C)c(NC(=O)c2nocc2C)c(C)c1. The molecule has 0 saturated carbocycles. The normalized spacial score (nSPS) is 10.4. The van der Waals surface area contributed by atoms with Crippen LogP contribution in [0, 0.1) is 27.7 Å². The fourth-order valence-corrected chi connectivity index (χ4v) is 2.06. The number of carbonyl (C=O) groups excluding carboxylic acids is 1. The Morgan fingerprint density at radius 1 is 1.11 bits per heavy atom. The lowest BCUT2D eigenvalue weighted by Gasteiger charge is -2.12. The Bertz CT molecular complexity index is 577. The molecule has 18 heavy (non-hydrogen) atoms. The number of anilines is 1. The lowest BCUT2D eigenvalue weighted by molar-refractivity contribution is 0.101. The zero-order valence-corrected chi connectivity index (χ0v) is 11.0. The second kappa shape index (κ2) is 4.64. The summed E-state index contributed by atoms with van der Waals surface area (Å²) >= 11 is 0. The Labute approximate surface area is 106 Å². The van der Waals surface area contributed by atoms with E-state index >= 15 is 0 Å². The van der Waals surface area contributed by atoms with E-state index < -0.39 is 0 Å². The second-order valence-electron chi connectivity index (χ2n) is 4.57. The molecule has 1 heterocycles. The van der Waals surface area contributed by atoms with Gasteiger partial charge in [-0.1, -0.05) is 22.9 Å². The molecule has 4 heteroatoms. The predicted octanol–water partition coefficient (Wildman–Crippen LogP) is 3.16. The number of aryl methyl sites for hydroxylation is 4. The highest BCUT2D eigenvalue weighted by Crippen LogP contribution is 2.22. The van der Waals surface area contributed by atoms with Crippen molar-refractivity contribution in [2.24, 2.45) is 0 Å². The monoisotopic (exact) mass is 244 g/mol. The zero-order valence-electron chi connectivity index (χ0n) is 11.0. The summed E-state index contributed by atoms with van der Waals surface area (Å²) in [6.45, 7) is 7.78. The molecule has 0 aliphatic carbocycles. The first-order chi connectivity index (χ1) is 8.49. The van der Waals surface area contributed by atoms with Crippen molar-refractivity contribution < 1.29 is 9.32 Å². The molecule has 1 aromatic heterocycles. The van der Waals surface area contributed by atoms with Crippen LogP contribution in [0.5, 0.6) is 0 Å². The molecule has 0 atom stereocenters. The summed E-state index contributed by atoms with van der Waals surface area (Å²) in [5, 5.41) is 6.59.